The first-order valence-electron chi connectivity index (χ1n) is 4.86. The predicted molar refractivity (Wildman–Crippen MR) is 57.1 cm³/mol. The monoisotopic (exact) mass is 192 g/mol. The van der Waals surface area contributed by atoms with E-state index in [4.69, 9.17) is 4.74 Å². The molecule has 0 spiro atoms. The molecule has 1 aromatic carbocycles. The molecular weight excluding hydrogens is 176 g/mol. The normalized spacial score (nSPS) is 12.2. The van der Waals surface area contributed by atoms with Crippen LogP contribution in [0.15, 0.2) is 18.2 Å². The first-order valence-corrected chi connectivity index (χ1v) is 4.86. The van der Waals surface area contributed by atoms with E-state index in [1.165, 1.54) is 5.56 Å². The molecule has 1 rings (SSSR count). The second kappa shape index (κ2) is 4.80. The van der Waals surface area contributed by atoms with E-state index in [0.717, 1.165) is 12.7 Å². The van der Waals surface area contributed by atoms with Gasteiger partial charge >= 0.3 is 0 Å². The average molecular weight is 192 g/mol. The van der Waals surface area contributed by atoms with Crippen molar-refractivity contribution in [3.63, 3.8) is 0 Å². The molecule has 0 aliphatic carbocycles. The zero-order chi connectivity index (χ0) is 10.6. The van der Waals surface area contributed by atoms with Crippen LogP contribution in [-0.4, -0.2) is 13.4 Å². The van der Waals surface area contributed by atoms with Crippen molar-refractivity contribution >= 4 is 6.29 Å². The summed E-state index contributed by atoms with van der Waals surface area (Å²) in [6.07, 6.45) is 1.91. The van der Waals surface area contributed by atoms with Gasteiger partial charge in [-0.2, -0.15) is 0 Å². The van der Waals surface area contributed by atoms with Crippen molar-refractivity contribution in [2.24, 2.45) is 0 Å². The summed E-state index contributed by atoms with van der Waals surface area (Å²) in [6, 6.07) is 5.77. The van der Waals surface area contributed by atoms with Crippen LogP contribution in [0.1, 0.15) is 42.1 Å². The molecule has 0 saturated heterocycles. The number of aldehydes is 1. The van der Waals surface area contributed by atoms with Crippen molar-refractivity contribution in [2.45, 2.75) is 26.2 Å². The molecule has 0 aliphatic rings. The highest BCUT2D eigenvalue weighted by Crippen LogP contribution is 2.24. The van der Waals surface area contributed by atoms with Crippen LogP contribution in [0, 0.1) is 0 Å². The Bertz CT molecular complexity index is 318. The minimum atomic E-state index is 0.486. The molecule has 0 radical (unpaired) electrons. The Labute approximate surface area is 84.9 Å². The number of carbonyl (C=O) groups excluding carboxylic acids is 1. The second-order valence-electron chi connectivity index (χ2n) is 3.43. The molecular formula is C12H16O2. The third-order valence-corrected chi connectivity index (χ3v) is 2.56. The zero-order valence-electron chi connectivity index (χ0n) is 8.91. The Kier molecular flexibility index (Phi) is 3.69. The van der Waals surface area contributed by atoms with E-state index in [-0.39, 0.29) is 0 Å². The Morgan fingerprint density at radius 2 is 2.21 bits per heavy atom. The minimum Gasteiger partial charge on any atom is -0.496 e. The van der Waals surface area contributed by atoms with Gasteiger partial charge in [0.2, 0.25) is 0 Å². The summed E-state index contributed by atoms with van der Waals surface area (Å²) < 4.78 is 5.07. The van der Waals surface area contributed by atoms with Crippen LogP contribution in [0.2, 0.25) is 0 Å². The first-order chi connectivity index (χ1) is 6.72. The molecule has 1 unspecified atom stereocenters. The van der Waals surface area contributed by atoms with Gasteiger partial charge < -0.3 is 4.74 Å². The maximum atomic E-state index is 10.8. The Balaban J connectivity index is 3.07. The smallest absolute Gasteiger partial charge is 0.153 e. The molecule has 76 valence electrons. The maximum absolute atomic E-state index is 10.8. The van der Waals surface area contributed by atoms with Crippen LogP contribution in [0.3, 0.4) is 0 Å². The Hall–Kier alpha value is -1.31. The first kappa shape index (κ1) is 10.8. The molecule has 0 bridgehead atoms. The van der Waals surface area contributed by atoms with E-state index in [9.17, 15) is 4.79 Å². The lowest BCUT2D eigenvalue weighted by atomic mass is 9.97. The quantitative estimate of drug-likeness (QED) is 0.685. The highest BCUT2D eigenvalue weighted by Gasteiger charge is 2.07. The number of benzene rings is 1. The fraction of sp³-hybridized carbons (Fsp3) is 0.417. The van der Waals surface area contributed by atoms with Gasteiger partial charge in [-0.25, -0.2) is 0 Å². The minimum absolute atomic E-state index is 0.486. The third kappa shape index (κ3) is 2.13. The molecule has 0 fully saturated rings. The van der Waals surface area contributed by atoms with Crippen LogP contribution in [0.4, 0.5) is 0 Å². The summed E-state index contributed by atoms with van der Waals surface area (Å²) in [7, 11) is 1.57. The van der Waals surface area contributed by atoms with Gasteiger partial charge in [0.1, 0.15) is 5.75 Å². The second-order valence-corrected chi connectivity index (χ2v) is 3.43. The van der Waals surface area contributed by atoms with Gasteiger partial charge in [0.15, 0.2) is 6.29 Å². The van der Waals surface area contributed by atoms with Gasteiger partial charge in [-0.3, -0.25) is 4.79 Å². The number of rotatable bonds is 4. The standard InChI is InChI=1S/C12H16O2/c1-4-9(2)10-5-6-12(14-3)11(7-10)8-13/h5-9H,4H2,1-3H3. The number of hydrogen-bond donors (Lipinski definition) is 0. The van der Waals surface area contributed by atoms with Crippen LogP contribution < -0.4 is 4.74 Å². The molecule has 14 heavy (non-hydrogen) atoms. The SMILES string of the molecule is CCC(C)c1ccc(OC)c(C=O)c1. The summed E-state index contributed by atoms with van der Waals surface area (Å²) in [4.78, 5) is 10.8. The molecule has 0 aromatic heterocycles. The van der Waals surface area contributed by atoms with E-state index in [1.807, 2.05) is 18.2 Å². The number of methoxy groups -OCH3 is 1. The van der Waals surface area contributed by atoms with Crippen LogP contribution in [0.5, 0.6) is 5.75 Å². The van der Waals surface area contributed by atoms with Gasteiger partial charge in [-0.15, -0.1) is 0 Å². The number of ether oxygens (including phenoxy) is 1. The van der Waals surface area contributed by atoms with E-state index in [2.05, 4.69) is 13.8 Å². The summed E-state index contributed by atoms with van der Waals surface area (Å²) in [5.74, 6) is 1.13. The van der Waals surface area contributed by atoms with Crippen molar-refractivity contribution in [3.05, 3.63) is 29.3 Å². The average Bonchev–Trinajstić information content (AvgIpc) is 2.26. The fourth-order valence-electron chi connectivity index (χ4n) is 1.39. The van der Waals surface area contributed by atoms with Crippen molar-refractivity contribution in [3.8, 4) is 5.75 Å². The van der Waals surface area contributed by atoms with Crippen LogP contribution >= 0.6 is 0 Å². The third-order valence-electron chi connectivity index (χ3n) is 2.56. The summed E-state index contributed by atoms with van der Waals surface area (Å²) >= 11 is 0. The molecule has 0 heterocycles. The Morgan fingerprint density at radius 1 is 1.50 bits per heavy atom. The van der Waals surface area contributed by atoms with Crippen LogP contribution in [0.25, 0.3) is 0 Å². The highest BCUT2D eigenvalue weighted by molar-refractivity contribution is 5.79. The van der Waals surface area contributed by atoms with E-state index < -0.39 is 0 Å². The van der Waals surface area contributed by atoms with E-state index in [1.54, 1.807) is 7.11 Å². The lowest BCUT2D eigenvalue weighted by molar-refractivity contribution is 0.112. The molecule has 0 saturated carbocycles. The van der Waals surface area contributed by atoms with Crippen LogP contribution in [-0.2, 0) is 0 Å². The maximum Gasteiger partial charge on any atom is 0.153 e. The largest absolute Gasteiger partial charge is 0.496 e. The molecule has 2 heteroatoms. The van der Waals surface area contributed by atoms with Gasteiger partial charge in [0, 0.05) is 0 Å². The predicted octanol–water partition coefficient (Wildman–Crippen LogP) is 3.02. The topological polar surface area (TPSA) is 26.3 Å². The lowest BCUT2D eigenvalue weighted by Gasteiger charge is -2.11. The zero-order valence-corrected chi connectivity index (χ0v) is 8.91. The molecule has 0 amide bonds. The Morgan fingerprint density at radius 3 is 2.71 bits per heavy atom. The van der Waals surface area contributed by atoms with Crippen molar-refractivity contribution in [2.75, 3.05) is 7.11 Å². The van der Waals surface area contributed by atoms with Gasteiger partial charge in [0.05, 0.1) is 12.7 Å². The van der Waals surface area contributed by atoms with Gasteiger partial charge in [-0.05, 0) is 30.0 Å². The highest BCUT2D eigenvalue weighted by atomic mass is 16.5. The molecule has 2 nitrogen and oxygen atoms in total. The number of carbonyl (C=O) groups is 1. The van der Waals surface area contributed by atoms with Crippen molar-refractivity contribution in [1.29, 1.82) is 0 Å². The fourth-order valence-corrected chi connectivity index (χ4v) is 1.39. The van der Waals surface area contributed by atoms with Gasteiger partial charge in [-0.1, -0.05) is 19.9 Å². The van der Waals surface area contributed by atoms with Gasteiger partial charge in [0.25, 0.3) is 0 Å². The molecule has 0 aliphatic heterocycles. The summed E-state index contributed by atoms with van der Waals surface area (Å²) in [5.41, 5.74) is 1.82. The van der Waals surface area contributed by atoms with Crippen molar-refractivity contribution in [1.82, 2.24) is 0 Å². The van der Waals surface area contributed by atoms with E-state index >= 15 is 0 Å². The lowest BCUT2D eigenvalue weighted by Crippen LogP contribution is -1.96. The molecule has 1 aromatic rings. The van der Waals surface area contributed by atoms with Crippen molar-refractivity contribution < 1.29 is 9.53 Å². The molecule has 1 atom stereocenters. The number of hydrogen-bond acceptors (Lipinski definition) is 2. The van der Waals surface area contributed by atoms with E-state index in [0.29, 0.717) is 17.2 Å². The summed E-state index contributed by atoms with van der Waals surface area (Å²) in [5, 5.41) is 0. The summed E-state index contributed by atoms with van der Waals surface area (Å²) in [6.45, 7) is 4.28. The molecule has 0 N–H and O–H groups in total.